The normalized spacial score (nSPS) is 19.7. The second-order valence-electron chi connectivity index (χ2n) is 8.42. The highest BCUT2D eigenvalue weighted by Gasteiger charge is 2.33. The van der Waals surface area contributed by atoms with Gasteiger partial charge in [-0.2, -0.15) is 13.2 Å². The first kappa shape index (κ1) is 25.8. The molecule has 0 aliphatic heterocycles. The molecule has 0 radical (unpaired) electrons. The van der Waals surface area contributed by atoms with E-state index in [0.717, 1.165) is 6.07 Å². The van der Waals surface area contributed by atoms with Gasteiger partial charge in [0.25, 0.3) is 0 Å². The van der Waals surface area contributed by atoms with Gasteiger partial charge in [0.1, 0.15) is 5.69 Å². The maximum atomic E-state index is 13.2. The Hall–Kier alpha value is -1.85. The molecule has 0 unspecified atom stereocenters. The van der Waals surface area contributed by atoms with Gasteiger partial charge in [-0.3, -0.25) is 4.79 Å². The van der Waals surface area contributed by atoms with Crippen LogP contribution in [-0.4, -0.2) is 42.9 Å². The highest BCUT2D eigenvalue weighted by Crippen LogP contribution is 2.34. The largest absolute Gasteiger partial charge is 0.433 e. The van der Waals surface area contributed by atoms with Crippen LogP contribution in [0.2, 0.25) is 0 Å². The molecule has 1 amide bonds. The summed E-state index contributed by atoms with van der Waals surface area (Å²) in [6, 6.07) is 7.57. The van der Waals surface area contributed by atoms with Crippen LogP contribution in [0.5, 0.6) is 0 Å². The van der Waals surface area contributed by atoms with Crippen molar-refractivity contribution in [1.29, 1.82) is 0 Å². The molecular weight excluding hydrogens is 475 g/mol. The smallest absolute Gasteiger partial charge is 0.355 e. The van der Waals surface area contributed by atoms with E-state index in [-0.39, 0.29) is 23.4 Å². The van der Waals surface area contributed by atoms with Gasteiger partial charge in [0, 0.05) is 34.5 Å². The van der Waals surface area contributed by atoms with Crippen molar-refractivity contribution in [1.82, 2.24) is 15.0 Å². The van der Waals surface area contributed by atoms with Gasteiger partial charge in [-0.1, -0.05) is 18.2 Å². The van der Waals surface area contributed by atoms with Crippen molar-refractivity contribution >= 4 is 38.6 Å². The molecule has 0 spiro atoms. The third-order valence-corrected chi connectivity index (χ3v) is 8.64. The maximum Gasteiger partial charge on any atom is 0.433 e. The van der Waals surface area contributed by atoms with Crippen LogP contribution in [0.4, 0.5) is 13.2 Å². The Morgan fingerprint density at radius 1 is 1.18 bits per heavy atom. The van der Waals surface area contributed by atoms with Gasteiger partial charge in [-0.05, 0) is 51.7 Å². The average molecular weight is 504 g/mol. The standard InChI is InChI=1S/C22H28F3N3O3S2/c1-14(2)33(30,31)28-16-9-7-15(8-10-16)21(29)26-11-12-32-19-13-20(22(23,24)25)27-18-6-4-3-5-17(18)19/h3-6,13-16,28H,7-12H2,1-2H3,(H,26,29). The molecule has 33 heavy (non-hydrogen) atoms. The zero-order valence-electron chi connectivity index (χ0n) is 18.5. The van der Waals surface area contributed by atoms with E-state index >= 15 is 0 Å². The lowest BCUT2D eigenvalue weighted by Crippen LogP contribution is -2.43. The third kappa shape index (κ3) is 6.83. The molecule has 0 saturated heterocycles. The van der Waals surface area contributed by atoms with Crippen LogP contribution in [0.25, 0.3) is 10.9 Å². The molecule has 1 saturated carbocycles. The monoisotopic (exact) mass is 503 g/mol. The van der Waals surface area contributed by atoms with Gasteiger partial charge in [-0.15, -0.1) is 11.8 Å². The average Bonchev–Trinajstić information content (AvgIpc) is 2.75. The minimum Gasteiger partial charge on any atom is -0.355 e. The number of nitrogens with one attached hydrogen (secondary N) is 2. The molecule has 1 aliphatic carbocycles. The quantitative estimate of drug-likeness (QED) is 0.413. The highest BCUT2D eigenvalue weighted by atomic mass is 32.2. The zero-order chi connectivity index (χ0) is 24.2. The molecule has 0 atom stereocenters. The number of hydrogen-bond donors (Lipinski definition) is 2. The molecule has 1 aromatic carbocycles. The number of pyridine rings is 1. The SMILES string of the molecule is CC(C)S(=O)(=O)NC1CCC(C(=O)NCCSc2cc(C(F)(F)F)nc3ccccc23)CC1. The number of alkyl halides is 3. The summed E-state index contributed by atoms with van der Waals surface area (Å²) in [5, 5.41) is 3.00. The number of fused-ring (bicyclic) bond motifs is 1. The molecule has 1 heterocycles. The molecule has 1 fully saturated rings. The van der Waals surface area contributed by atoms with Crippen LogP contribution >= 0.6 is 11.8 Å². The van der Waals surface area contributed by atoms with E-state index in [1.165, 1.54) is 11.8 Å². The lowest BCUT2D eigenvalue weighted by atomic mass is 9.86. The number of rotatable bonds is 8. The van der Waals surface area contributed by atoms with E-state index in [9.17, 15) is 26.4 Å². The fourth-order valence-electron chi connectivity index (χ4n) is 3.73. The van der Waals surface area contributed by atoms with Crippen LogP contribution in [0.15, 0.2) is 35.2 Å². The number of nitrogens with zero attached hydrogens (tertiary/aromatic N) is 1. The number of hydrogen-bond acceptors (Lipinski definition) is 5. The molecule has 2 aromatic rings. The van der Waals surface area contributed by atoms with Crippen molar-refractivity contribution in [2.24, 2.45) is 5.92 Å². The van der Waals surface area contributed by atoms with Crippen LogP contribution in [0, 0.1) is 5.92 Å². The number of amides is 1. The van der Waals surface area contributed by atoms with Crippen molar-refractivity contribution in [2.45, 2.75) is 61.9 Å². The highest BCUT2D eigenvalue weighted by molar-refractivity contribution is 7.99. The molecule has 182 valence electrons. The first-order valence-corrected chi connectivity index (χ1v) is 13.4. The van der Waals surface area contributed by atoms with Crippen molar-refractivity contribution in [3.8, 4) is 0 Å². The number of carbonyl (C=O) groups is 1. The summed E-state index contributed by atoms with van der Waals surface area (Å²) in [5.74, 6) is 0.130. The van der Waals surface area contributed by atoms with Gasteiger partial charge in [0.15, 0.2) is 0 Å². The molecule has 1 aliphatic rings. The summed E-state index contributed by atoms with van der Waals surface area (Å²) in [6.07, 6.45) is -2.15. The minimum absolute atomic E-state index is 0.101. The van der Waals surface area contributed by atoms with E-state index in [0.29, 0.717) is 48.3 Å². The van der Waals surface area contributed by atoms with Gasteiger partial charge < -0.3 is 5.32 Å². The fourth-order valence-corrected chi connectivity index (χ4v) is 5.65. The number of sulfonamides is 1. The summed E-state index contributed by atoms with van der Waals surface area (Å²) in [5.41, 5.74) is -0.652. The molecule has 3 rings (SSSR count). The predicted octanol–water partition coefficient (Wildman–Crippen LogP) is 4.35. The minimum atomic E-state index is -4.53. The van der Waals surface area contributed by atoms with E-state index in [1.807, 2.05) is 0 Å². The summed E-state index contributed by atoms with van der Waals surface area (Å²) < 4.78 is 66.3. The van der Waals surface area contributed by atoms with Crippen molar-refractivity contribution < 1.29 is 26.4 Å². The lowest BCUT2D eigenvalue weighted by molar-refractivity contribution is -0.141. The molecule has 1 aromatic heterocycles. The molecule has 2 N–H and O–H groups in total. The zero-order valence-corrected chi connectivity index (χ0v) is 20.1. The Bertz CT molecular complexity index is 1080. The number of carbonyl (C=O) groups excluding carboxylic acids is 1. The lowest BCUT2D eigenvalue weighted by Gasteiger charge is -2.28. The van der Waals surface area contributed by atoms with Crippen LogP contribution in [-0.2, 0) is 21.0 Å². The predicted molar refractivity (Wildman–Crippen MR) is 123 cm³/mol. The Morgan fingerprint density at radius 3 is 2.48 bits per heavy atom. The topological polar surface area (TPSA) is 88.2 Å². The van der Waals surface area contributed by atoms with Crippen LogP contribution in [0.3, 0.4) is 0 Å². The number of para-hydroxylation sites is 1. The fraction of sp³-hybridized carbons (Fsp3) is 0.545. The summed E-state index contributed by atoms with van der Waals surface area (Å²) in [6.45, 7) is 3.57. The molecule has 11 heteroatoms. The summed E-state index contributed by atoms with van der Waals surface area (Å²) in [4.78, 5) is 16.7. The summed E-state index contributed by atoms with van der Waals surface area (Å²) >= 11 is 1.25. The number of thioether (sulfide) groups is 1. The van der Waals surface area contributed by atoms with Gasteiger partial charge >= 0.3 is 6.18 Å². The Labute approximate surface area is 196 Å². The number of halogens is 3. The van der Waals surface area contributed by atoms with E-state index in [1.54, 1.807) is 38.1 Å². The Morgan fingerprint density at radius 2 is 1.85 bits per heavy atom. The second-order valence-corrected chi connectivity index (χ2v) is 11.8. The van der Waals surface area contributed by atoms with Crippen molar-refractivity contribution in [2.75, 3.05) is 12.3 Å². The third-order valence-electron chi connectivity index (χ3n) is 5.68. The van der Waals surface area contributed by atoms with E-state index in [2.05, 4.69) is 15.0 Å². The van der Waals surface area contributed by atoms with Crippen LogP contribution < -0.4 is 10.0 Å². The van der Waals surface area contributed by atoms with Crippen molar-refractivity contribution in [3.63, 3.8) is 0 Å². The maximum absolute atomic E-state index is 13.2. The van der Waals surface area contributed by atoms with Gasteiger partial charge in [-0.25, -0.2) is 18.1 Å². The first-order valence-electron chi connectivity index (χ1n) is 10.9. The van der Waals surface area contributed by atoms with Crippen molar-refractivity contribution in [3.05, 3.63) is 36.0 Å². The Balaban J connectivity index is 1.50. The second kappa shape index (κ2) is 10.6. The molecule has 0 bridgehead atoms. The molecular formula is C22H28F3N3O3S2. The molecule has 6 nitrogen and oxygen atoms in total. The number of benzene rings is 1. The van der Waals surface area contributed by atoms with Gasteiger partial charge in [0.05, 0.1) is 10.8 Å². The van der Waals surface area contributed by atoms with Gasteiger partial charge in [0.2, 0.25) is 15.9 Å². The van der Waals surface area contributed by atoms with E-state index in [4.69, 9.17) is 0 Å². The first-order chi connectivity index (χ1) is 15.5. The number of aromatic nitrogens is 1. The van der Waals surface area contributed by atoms with Crippen LogP contribution in [0.1, 0.15) is 45.2 Å². The van der Waals surface area contributed by atoms with E-state index < -0.39 is 27.1 Å². The summed E-state index contributed by atoms with van der Waals surface area (Å²) in [7, 11) is -3.34. The Kier molecular flexibility index (Phi) is 8.28.